The molecule has 0 spiro atoms. The summed E-state index contributed by atoms with van der Waals surface area (Å²) in [6.45, 7) is 4.92. The van der Waals surface area contributed by atoms with Gasteiger partial charge in [0.2, 0.25) is 0 Å². The van der Waals surface area contributed by atoms with Crippen LogP contribution in [0.5, 0.6) is 11.5 Å². The van der Waals surface area contributed by atoms with E-state index in [-0.39, 0.29) is 5.91 Å². The fraction of sp³-hybridized carbons (Fsp3) is 0.350. The monoisotopic (exact) mass is 340 g/mol. The molecule has 3 rings (SSSR count). The van der Waals surface area contributed by atoms with E-state index in [2.05, 4.69) is 11.0 Å². The number of para-hydroxylation sites is 2. The summed E-state index contributed by atoms with van der Waals surface area (Å²) in [4.78, 5) is 16.9. The van der Waals surface area contributed by atoms with E-state index in [1.54, 1.807) is 14.2 Å². The van der Waals surface area contributed by atoms with Crippen LogP contribution in [-0.2, 0) is 0 Å². The molecule has 2 aromatic carbocycles. The molecule has 0 unspecified atom stereocenters. The number of nitrogens with zero attached hydrogens (tertiary/aromatic N) is 2. The van der Waals surface area contributed by atoms with E-state index >= 15 is 0 Å². The van der Waals surface area contributed by atoms with Gasteiger partial charge in [0.1, 0.15) is 11.5 Å². The third-order valence-electron chi connectivity index (χ3n) is 4.65. The maximum Gasteiger partial charge on any atom is 0.254 e. The molecule has 0 aromatic heterocycles. The Morgan fingerprint density at radius 1 is 0.920 bits per heavy atom. The van der Waals surface area contributed by atoms with Gasteiger partial charge in [-0.05, 0) is 36.8 Å². The minimum Gasteiger partial charge on any atom is -0.496 e. The van der Waals surface area contributed by atoms with E-state index in [0.717, 1.165) is 35.8 Å². The van der Waals surface area contributed by atoms with E-state index in [0.29, 0.717) is 18.7 Å². The Morgan fingerprint density at radius 2 is 1.60 bits per heavy atom. The van der Waals surface area contributed by atoms with Crippen LogP contribution in [0, 0.1) is 6.92 Å². The number of anilines is 1. The van der Waals surface area contributed by atoms with Gasteiger partial charge in [-0.1, -0.05) is 18.2 Å². The van der Waals surface area contributed by atoms with Gasteiger partial charge in [0, 0.05) is 31.7 Å². The lowest BCUT2D eigenvalue weighted by Crippen LogP contribution is -2.48. The number of carbonyl (C=O) groups excluding carboxylic acids is 1. The van der Waals surface area contributed by atoms with Crippen molar-refractivity contribution < 1.29 is 14.3 Å². The first-order valence-electron chi connectivity index (χ1n) is 8.46. The molecule has 0 atom stereocenters. The Labute approximate surface area is 148 Å². The predicted octanol–water partition coefficient (Wildman–Crippen LogP) is 2.97. The fourth-order valence-electron chi connectivity index (χ4n) is 3.18. The average Bonchev–Trinajstić information content (AvgIpc) is 2.68. The highest BCUT2D eigenvalue weighted by Gasteiger charge is 2.24. The second kappa shape index (κ2) is 7.47. The summed E-state index contributed by atoms with van der Waals surface area (Å²) in [7, 11) is 3.31. The zero-order chi connectivity index (χ0) is 17.8. The number of rotatable bonds is 4. The lowest BCUT2D eigenvalue weighted by Gasteiger charge is -2.36. The van der Waals surface area contributed by atoms with Gasteiger partial charge < -0.3 is 19.3 Å². The Hall–Kier alpha value is -2.69. The van der Waals surface area contributed by atoms with Crippen molar-refractivity contribution in [2.45, 2.75) is 6.92 Å². The van der Waals surface area contributed by atoms with Crippen LogP contribution in [0.15, 0.2) is 42.5 Å². The highest BCUT2D eigenvalue weighted by molar-refractivity contribution is 5.95. The van der Waals surface area contributed by atoms with Crippen molar-refractivity contribution in [2.75, 3.05) is 45.3 Å². The molecule has 25 heavy (non-hydrogen) atoms. The zero-order valence-corrected chi connectivity index (χ0v) is 15.0. The van der Waals surface area contributed by atoms with Crippen LogP contribution in [0.4, 0.5) is 5.69 Å². The SMILES string of the molecule is COc1cc(C(=O)N2CCN(c3ccccc3OC)CC2)ccc1C. The molecule has 5 nitrogen and oxygen atoms in total. The van der Waals surface area contributed by atoms with Gasteiger partial charge in [-0.25, -0.2) is 0 Å². The molecule has 0 aliphatic carbocycles. The van der Waals surface area contributed by atoms with Gasteiger partial charge in [0.05, 0.1) is 19.9 Å². The van der Waals surface area contributed by atoms with Crippen LogP contribution in [0.3, 0.4) is 0 Å². The molecule has 5 heteroatoms. The topological polar surface area (TPSA) is 42.0 Å². The third kappa shape index (κ3) is 3.55. The summed E-state index contributed by atoms with van der Waals surface area (Å²) in [6, 6.07) is 13.6. The van der Waals surface area contributed by atoms with Crippen molar-refractivity contribution in [3.05, 3.63) is 53.6 Å². The largest absolute Gasteiger partial charge is 0.496 e. The van der Waals surface area contributed by atoms with Gasteiger partial charge in [-0.2, -0.15) is 0 Å². The van der Waals surface area contributed by atoms with Crippen molar-refractivity contribution in [3.8, 4) is 11.5 Å². The molecule has 1 fully saturated rings. The Morgan fingerprint density at radius 3 is 2.28 bits per heavy atom. The van der Waals surface area contributed by atoms with Crippen LogP contribution in [0.1, 0.15) is 15.9 Å². The minimum atomic E-state index is 0.0537. The van der Waals surface area contributed by atoms with Crippen molar-refractivity contribution in [1.29, 1.82) is 0 Å². The molecule has 0 bridgehead atoms. The zero-order valence-electron chi connectivity index (χ0n) is 15.0. The van der Waals surface area contributed by atoms with Crippen LogP contribution < -0.4 is 14.4 Å². The molecule has 0 saturated carbocycles. The summed E-state index contributed by atoms with van der Waals surface area (Å²) in [5, 5.41) is 0. The van der Waals surface area contributed by atoms with Gasteiger partial charge in [0.25, 0.3) is 5.91 Å². The number of amides is 1. The Kier molecular flexibility index (Phi) is 5.12. The average molecular weight is 340 g/mol. The number of hydrogen-bond donors (Lipinski definition) is 0. The first-order valence-corrected chi connectivity index (χ1v) is 8.46. The maximum absolute atomic E-state index is 12.8. The summed E-state index contributed by atoms with van der Waals surface area (Å²) in [5.74, 6) is 1.67. The molecule has 1 heterocycles. The summed E-state index contributed by atoms with van der Waals surface area (Å²) in [6.07, 6.45) is 0. The number of piperazine rings is 1. The van der Waals surface area contributed by atoms with Crippen molar-refractivity contribution >= 4 is 11.6 Å². The van der Waals surface area contributed by atoms with E-state index in [4.69, 9.17) is 9.47 Å². The molecule has 1 saturated heterocycles. The van der Waals surface area contributed by atoms with Crippen LogP contribution in [0.2, 0.25) is 0 Å². The first-order chi connectivity index (χ1) is 12.1. The van der Waals surface area contributed by atoms with E-state index in [1.807, 2.05) is 48.2 Å². The van der Waals surface area contributed by atoms with Crippen molar-refractivity contribution in [2.24, 2.45) is 0 Å². The third-order valence-corrected chi connectivity index (χ3v) is 4.65. The van der Waals surface area contributed by atoms with Gasteiger partial charge in [0.15, 0.2) is 0 Å². The number of aryl methyl sites for hydroxylation is 1. The molecule has 1 aliphatic heterocycles. The van der Waals surface area contributed by atoms with E-state index in [1.165, 1.54) is 0 Å². The highest BCUT2D eigenvalue weighted by atomic mass is 16.5. The van der Waals surface area contributed by atoms with E-state index in [9.17, 15) is 4.79 Å². The minimum absolute atomic E-state index is 0.0537. The molecular weight excluding hydrogens is 316 g/mol. The number of carbonyl (C=O) groups is 1. The second-order valence-corrected chi connectivity index (χ2v) is 6.14. The standard InChI is InChI=1S/C20H24N2O3/c1-15-8-9-16(14-19(15)25-3)20(23)22-12-10-21(11-13-22)17-6-4-5-7-18(17)24-2/h4-9,14H,10-13H2,1-3H3. The molecule has 0 radical (unpaired) electrons. The number of ether oxygens (including phenoxy) is 2. The van der Waals surface area contributed by atoms with Crippen LogP contribution >= 0.6 is 0 Å². The number of hydrogen-bond acceptors (Lipinski definition) is 4. The summed E-state index contributed by atoms with van der Waals surface area (Å²) < 4.78 is 10.8. The highest BCUT2D eigenvalue weighted by Crippen LogP contribution is 2.28. The maximum atomic E-state index is 12.8. The molecule has 2 aromatic rings. The smallest absolute Gasteiger partial charge is 0.254 e. The number of methoxy groups -OCH3 is 2. The van der Waals surface area contributed by atoms with E-state index < -0.39 is 0 Å². The van der Waals surface area contributed by atoms with Gasteiger partial charge >= 0.3 is 0 Å². The van der Waals surface area contributed by atoms with Crippen molar-refractivity contribution in [1.82, 2.24) is 4.90 Å². The lowest BCUT2D eigenvalue weighted by atomic mass is 10.1. The first kappa shape index (κ1) is 17.1. The fourth-order valence-corrected chi connectivity index (χ4v) is 3.18. The number of benzene rings is 2. The van der Waals surface area contributed by atoms with Crippen LogP contribution in [-0.4, -0.2) is 51.2 Å². The Bertz CT molecular complexity index is 752. The quantitative estimate of drug-likeness (QED) is 0.858. The second-order valence-electron chi connectivity index (χ2n) is 6.14. The van der Waals surface area contributed by atoms with Gasteiger partial charge in [-0.15, -0.1) is 0 Å². The normalized spacial score (nSPS) is 14.4. The molecular formula is C20H24N2O3. The lowest BCUT2D eigenvalue weighted by molar-refractivity contribution is 0.0746. The Balaban J connectivity index is 1.69. The molecule has 132 valence electrons. The predicted molar refractivity (Wildman–Crippen MR) is 98.8 cm³/mol. The summed E-state index contributed by atoms with van der Waals surface area (Å²) >= 11 is 0. The van der Waals surface area contributed by atoms with Gasteiger partial charge in [-0.3, -0.25) is 4.79 Å². The molecule has 1 amide bonds. The van der Waals surface area contributed by atoms with Crippen LogP contribution in [0.25, 0.3) is 0 Å². The molecule has 1 aliphatic rings. The van der Waals surface area contributed by atoms with Crippen molar-refractivity contribution in [3.63, 3.8) is 0 Å². The molecule has 0 N–H and O–H groups in total. The summed E-state index contributed by atoms with van der Waals surface area (Å²) in [5.41, 5.74) is 2.78.